The summed E-state index contributed by atoms with van der Waals surface area (Å²) >= 11 is 0. The van der Waals surface area contributed by atoms with E-state index in [9.17, 15) is 4.79 Å². The maximum Gasteiger partial charge on any atom is 0.324 e. The van der Waals surface area contributed by atoms with Crippen LogP contribution in [-0.4, -0.2) is 26.2 Å². The Kier molecular flexibility index (Phi) is 2.77. The molecule has 3 aromatic rings. The van der Waals surface area contributed by atoms with Gasteiger partial charge < -0.3 is 5.32 Å². The average molecular weight is 254 g/mol. The summed E-state index contributed by atoms with van der Waals surface area (Å²) in [6.45, 7) is 0. The number of nitrogens with zero attached hydrogens (tertiary/aromatic N) is 3. The molecule has 0 saturated heterocycles. The van der Waals surface area contributed by atoms with Gasteiger partial charge in [-0.15, -0.1) is 0 Å². The Morgan fingerprint density at radius 1 is 1.16 bits per heavy atom. The number of carbonyl (C=O) groups excluding carboxylic acids is 1. The molecule has 0 unspecified atom stereocenters. The molecule has 0 saturated carbocycles. The lowest BCUT2D eigenvalue weighted by atomic mass is 10.2. The Bertz CT molecular complexity index is 708. The summed E-state index contributed by atoms with van der Waals surface area (Å²) in [5.41, 5.74) is 1.59. The van der Waals surface area contributed by atoms with Gasteiger partial charge in [-0.1, -0.05) is 0 Å². The van der Waals surface area contributed by atoms with Crippen LogP contribution in [-0.2, 0) is 0 Å². The van der Waals surface area contributed by atoms with Crippen molar-refractivity contribution >= 4 is 28.4 Å². The fraction of sp³-hybridized carbons (Fsp3) is 0. The number of H-pyrrole nitrogens is 1. The molecule has 0 atom stereocenters. The van der Waals surface area contributed by atoms with Crippen LogP contribution in [0.4, 0.5) is 16.3 Å². The fourth-order valence-electron chi connectivity index (χ4n) is 1.66. The molecule has 0 aliphatic heterocycles. The first-order chi connectivity index (χ1) is 9.31. The second-order valence-electron chi connectivity index (χ2n) is 3.84. The number of aromatic amines is 1. The number of hydrogen-bond donors (Lipinski definition) is 3. The smallest absolute Gasteiger partial charge is 0.308 e. The topological polar surface area (TPSA) is 95.6 Å². The lowest BCUT2D eigenvalue weighted by Gasteiger charge is -2.06. The largest absolute Gasteiger partial charge is 0.324 e. The summed E-state index contributed by atoms with van der Waals surface area (Å²) in [6, 6.07) is 5.09. The molecule has 19 heavy (non-hydrogen) atoms. The Labute approximate surface area is 108 Å². The quantitative estimate of drug-likeness (QED) is 0.651. The molecular formula is C12H10N6O. The molecule has 0 radical (unpaired) electrons. The summed E-state index contributed by atoms with van der Waals surface area (Å²) < 4.78 is 0. The lowest BCUT2D eigenvalue weighted by molar-refractivity contribution is 0.262. The minimum atomic E-state index is -0.372. The molecule has 7 nitrogen and oxygen atoms in total. The van der Waals surface area contributed by atoms with E-state index in [1.54, 1.807) is 12.3 Å². The molecule has 2 heterocycles. The van der Waals surface area contributed by atoms with Crippen LogP contribution in [0, 0.1) is 0 Å². The van der Waals surface area contributed by atoms with E-state index in [1.165, 1.54) is 18.6 Å². The molecule has 94 valence electrons. The third-order valence-corrected chi connectivity index (χ3v) is 2.50. The highest BCUT2D eigenvalue weighted by atomic mass is 16.2. The summed E-state index contributed by atoms with van der Waals surface area (Å²) in [7, 11) is 0. The van der Waals surface area contributed by atoms with E-state index >= 15 is 0 Å². The molecule has 0 spiro atoms. The van der Waals surface area contributed by atoms with Crippen LogP contribution in [0.25, 0.3) is 10.9 Å². The molecule has 2 amide bonds. The Hall–Kier alpha value is -2.96. The van der Waals surface area contributed by atoms with Gasteiger partial charge in [0.1, 0.15) is 0 Å². The van der Waals surface area contributed by atoms with Crippen LogP contribution >= 0.6 is 0 Å². The molecule has 7 heteroatoms. The molecule has 3 N–H and O–H groups in total. The minimum absolute atomic E-state index is 0.372. The van der Waals surface area contributed by atoms with Crippen molar-refractivity contribution in [1.82, 2.24) is 20.2 Å². The number of urea groups is 1. The normalized spacial score (nSPS) is 10.3. The first kappa shape index (κ1) is 11.1. The van der Waals surface area contributed by atoms with Crippen molar-refractivity contribution in [2.24, 2.45) is 0 Å². The van der Waals surface area contributed by atoms with Gasteiger partial charge in [0, 0.05) is 23.5 Å². The van der Waals surface area contributed by atoms with E-state index in [2.05, 4.69) is 30.8 Å². The average Bonchev–Trinajstić information content (AvgIpc) is 2.87. The van der Waals surface area contributed by atoms with Crippen molar-refractivity contribution in [2.45, 2.75) is 0 Å². The van der Waals surface area contributed by atoms with Gasteiger partial charge in [-0.2, -0.15) is 5.10 Å². The molecule has 1 aromatic carbocycles. The van der Waals surface area contributed by atoms with E-state index in [0.29, 0.717) is 11.5 Å². The van der Waals surface area contributed by atoms with E-state index < -0.39 is 0 Å². The summed E-state index contributed by atoms with van der Waals surface area (Å²) in [4.78, 5) is 19.6. The van der Waals surface area contributed by atoms with Crippen molar-refractivity contribution in [2.75, 3.05) is 10.6 Å². The van der Waals surface area contributed by atoms with E-state index in [0.717, 1.165) is 10.9 Å². The maximum atomic E-state index is 11.7. The highest BCUT2D eigenvalue weighted by Crippen LogP contribution is 2.16. The van der Waals surface area contributed by atoms with Crippen molar-refractivity contribution in [3.8, 4) is 0 Å². The fourth-order valence-corrected chi connectivity index (χ4v) is 1.66. The van der Waals surface area contributed by atoms with Gasteiger partial charge in [-0.25, -0.2) is 9.78 Å². The zero-order valence-corrected chi connectivity index (χ0v) is 9.79. The zero-order valence-electron chi connectivity index (χ0n) is 9.79. The van der Waals surface area contributed by atoms with E-state index in [1.807, 2.05) is 12.1 Å². The molecule has 0 bridgehead atoms. The number of fused-ring (bicyclic) bond motifs is 1. The first-order valence-corrected chi connectivity index (χ1v) is 5.58. The minimum Gasteiger partial charge on any atom is -0.308 e. The third kappa shape index (κ3) is 2.49. The number of amides is 2. The van der Waals surface area contributed by atoms with Crippen LogP contribution < -0.4 is 10.6 Å². The number of anilines is 2. The second kappa shape index (κ2) is 4.73. The van der Waals surface area contributed by atoms with Crippen LogP contribution in [0.3, 0.4) is 0 Å². The highest BCUT2D eigenvalue weighted by Gasteiger charge is 2.04. The zero-order chi connectivity index (χ0) is 13.1. The SMILES string of the molecule is O=C(Nc1ccc2[nH]ncc2c1)Nc1cnccn1. The third-order valence-electron chi connectivity index (χ3n) is 2.50. The molecule has 3 rings (SSSR count). The van der Waals surface area contributed by atoms with E-state index in [4.69, 9.17) is 0 Å². The van der Waals surface area contributed by atoms with Crippen molar-refractivity contribution in [3.63, 3.8) is 0 Å². The number of hydrogen-bond acceptors (Lipinski definition) is 4. The van der Waals surface area contributed by atoms with Crippen molar-refractivity contribution in [1.29, 1.82) is 0 Å². The van der Waals surface area contributed by atoms with Gasteiger partial charge in [0.25, 0.3) is 0 Å². The number of aromatic nitrogens is 4. The number of carbonyl (C=O) groups is 1. The van der Waals surface area contributed by atoms with Crippen molar-refractivity contribution in [3.05, 3.63) is 43.0 Å². The van der Waals surface area contributed by atoms with Gasteiger partial charge in [-0.05, 0) is 18.2 Å². The number of rotatable bonds is 2. The van der Waals surface area contributed by atoms with Crippen molar-refractivity contribution < 1.29 is 4.79 Å². The predicted octanol–water partition coefficient (Wildman–Crippen LogP) is 2.00. The molecular weight excluding hydrogens is 244 g/mol. The Morgan fingerprint density at radius 2 is 2.11 bits per heavy atom. The first-order valence-electron chi connectivity index (χ1n) is 5.58. The molecule has 0 aliphatic rings. The standard InChI is InChI=1S/C12H10N6O/c19-12(17-11-7-13-3-4-14-11)16-9-1-2-10-8(5-9)6-15-18-10/h1-7H,(H,15,18)(H2,14,16,17,19). The van der Waals surface area contributed by atoms with Crippen LogP contribution in [0.15, 0.2) is 43.0 Å². The van der Waals surface area contributed by atoms with Crippen LogP contribution in [0.2, 0.25) is 0 Å². The maximum absolute atomic E-state index is 11.7. The monoisotopic (exact) mass is 254 g/mol. The molecule has 0 aliphatic carbocycles. The lowest BCUT2D eigenvalue weighted by Crippen LogP contribution is -2.20. The predicted molar refractivity (Wildman–Crippen MR) is 70.8 cm³/mol. The summed E-state index contributed by atoms with van der Waals surface area (Å²) in [6.07, 6.45) is 6.21. The van der Waals surface area contributed by atoms with Crippen LogP contribution in [0.1, 0.15) is 0 Å². The van der Waals surface area contributed by atoms with Gasteiger partial charge in [0.05, 0.1) is 17.9 Å². The molecule has 2 aromatic heterocycles. The van der Waals surface area contributed by atoms with Gasteiger partial charge in [-0.3, -0.25) is 15.4 Å². The summed E-state index contributed by atoms with van der Waals surface area (Å²) in [5, 5.41) is 13.0. The summed E-state index contributed by atoms with van der Waals surface area (Å²) in [5.74, 6) is 0.393. The second-order valence-corrected chi connectivity index (χ2v) is 3.84. The molecule has 0 fully saturated rings. The highest BCUT2D eigenvalue weighted by molar-refractivity contribution is 6.00. The van der Waals surface area contributed by atoms with Gasteiger partial charge in [0.15, 0.2) is 5.82 Å². The van der Waals surface area contributed by atoms with Gasteiger partial charge >= 0.3 is 6.03 Å². The number of nitrogens with one attached hydrogen (secondary N) is 3. The Balaban J connectivity index is 1.72. The Morgan fingerprint density at radius 3 is 2.95 bits per heavy atom. The van der Waals surface area contributed by atoms with Crippen LogP contribution in [0.5, 0.6) is 0 Å². The number of benzene rings is 1. The van der Waals surface area contributed by atoms with E-state index in [-0.39, 0.29) is 6.03 Å². The van der Waals surface area contributed by atoms with Gasteiger partial charge in [0.2, 0.25) is 0 Å².